The molecule has 17 heavy (non-hydrogen) atoms. The average molecular weight is 323 g/mol. The third kappa shape index (κ3) is 3.95. The topological polar surface area (TPSA) is 92.4 Å². The SMILES string of the molecule is CC(CO)CNS(=O)(=O)c1ccc(Br)c(N)c1. The highest BCUT2D eigenvalue weighted by molar-refractivity contribution is 9.10. The van der Waals surface area contributed by atoms with Crippen LogP contribution in [0.3, 0.4) is 0 Å². The minimum Gasteiger partial charge on any atom is -0.398 e. The minimum absolute atomic E-state index is 0.0645. The highest BCUT2D eigenvalue weighted by Gasteiger charge is 2.15. The number of hydrogen-bond donors (Lipinski definition) is 3. The van der Waals surface area contributed by atoms with E-state index >= 15 is 0 Å². The van der Waals surface area contributed by atoms with Gasteiger partial charge in [0.1, 0.15) is 0 Å². The second kappa shape index (κ2) is 5.81. The number of aliphatic hydroxyl groups is 1. The summed E-state index contributed by atoms with van der Waals surface area (Å²) in [5.74, 6) is -0.127. The van der Waals surface area contributed by atoms with Crippen LogP contribution in [0.4, 0.5) is 5.69 Å². The van der Waals surface area contributed by atoms with Crippen molar-refractivity contribution in [3.05, 3.63) is 22.7 Å². The van der Waals surface area contributed by atoms with E-state index in [2.05, 4.69) is 20.7 Å². The molecule has 96 valence electrons. The number of benzene rings is 1. The Bertz CT molecular complexity index is 490. The van der Waals surface area contributed by atoms with E-state index in [1.165, 1.54) is 12.1 Å². The fourth-order valence-electron chi connectivity index (χ4n) is 1.09. The minimum atomic E-state index is -3.57. The summed E-state index contributed by atoms with van der Waals surface area (Å²) < 4.78 is 26.8. The third-order valence-corrected chi connectivity index (χ3v) is 4.35. The first-order valence-corrected chi connectivity index (χ1v) is 7.30. The van der Waals surface area contributed by atoms with Gasteiger partial charge in [0.25, 0.3) is 0 Å². The van der Waals surface area contributed by atoms with E-state index in [0.29, 0.717) is 10.2 Å². The Balaban J connectivity index is 2.86. The molecular formula is C10H15BrN2O3S. The summed E-state index contributed by atoms with van der Waals surface area (Å²) in [6.07, 6.45) is 0. The molecule has 0 fully saturated rings. The first-order valence-electron chi connectivity index (χ1n) is 5.02. The molecule has 5 nitrogen and oxygen atoms in total. The van der Waals surface area contributed by atoms with Gasteiger partial charge in [0.2, 0.25) is 10.0 Å². The van der Waals surface area contributed by atoms with E-state index in [1.807, 2.05) is 0 Å². The molecule has 0 saturated heterocycles. The second-order valence-electron chi connectivity index (χ2n) is 3.82. The van der Waals surface area contributed by atoms with Crippen molar-refractivity contribution in [3.8, 4) is 0 Å². The van der Waals surface area contributed by atoms with Gasteiger partial charge >= 0.3 is 0 Å². The van der Waals surface area contributed by atoms with E-state index in [9.17, 15) is 8.42 Å². The quantitative estimate of drug-likeness (QED) is 0.703. The number of aliphatic hydroxyl groups excluding tert-OH is 1. The van der Waals surface area contributed by atoms with Crippen LogP contribution in [0.15, 0.2) is 27.6 Å². The van der Waals surface area contributed by atoms with Crippen LogP contribution in [0.1, 0.15) is 6.92 Å². The van der Waals surface area contributed by atoms with Crippen LogP contribution in [-0.2, 0) is 10.0 Å². The van der Waals surface area contributed by atoms with E-state index in [-0.39, 0.29) is 24.0 Å². The Labute approximate surface area is 109 Å². The Hall–Kier alpha value is -0.630. The summed E-state index contributed by atoms with van der Waals surface area (Å²) in [5, 5.41) is 8.82. The standard InChI is InChI=1S/C10H15BrN2O3S/c1-7(6-14)5-13-17(15,16)8-2-3-9(11)10(12)4-8/h2-4,7,13-14H,5-6,12H2,1H3. The van der Waals surface area contributed by atoms with E-state index < -0.39 is 10.0 Å². The molecule has 0 amide bonds. The van der Waals surface area contributed by atoms with Gasteiger partial charge in [-0.15, -0.1) is 0 Å². The molecule has 0 saturated carbocycles. The summed E-state index contributed by atoms with van der Waals surface area (Å²) in [4.78, 5) is 0.114. The van der Waals surface area contributed by atoms with Gasteiger partial charge in [0.05, 0.1) is 4.90 Å². The zero-order chi connectivity index (χ0) is 13.1. The van der Waals surface area contributed by atoms with Crippen molar-refractivity contribution >= 4 is 31.6 Å². The molecule has 1 atom stereocenters. The highest BCUT2D eigenvalue weighted by Crippen LogP contribution is 2.22. The summed E-state index contributed by atoms with van der Waals surface area (Å²) >= 11 is 3.20. The van der Waals surface area contributed by atoms with Crippen molar-refractivity contribution in [2.45, 2.75) is 11.8 Å². The summed E-state index contributed by atoms with van der Waals surface area (Å²) in [6, 6.07) is 4.43. The molecule has 0 aliphatic carbocycles. The molecule has 1 unspecified atom stereocenters. The fraction of sp³-hybridized carbons (Fsp3) is 0.400. The van der Waals surface area contributed by atoms with Gasteiger partial charge in [0.15, 0.2) is 0 Å². The lowest BCUT2D eigenvalue weighted by Gasteiger charge is -2.11. The lowest BCUT2D eigenvalue weighted by molar-refractivity contribution is 0.238. The largest absolute Gasteiger partial charge is 0.398 e. The number of sulfonamides is 1. The number of nitrogens with one attached hydrogen (secondary N) is 1. The molecule has 0 aliphatic heterocycles. The number of nitrogens with two attached hydrogens (primary N) is 1. The molecule has 1 aromatic carbocycles. The zero-order valence-electron chi connectivity index (χ0n) is 9.35. The van der Waals surface area contributed by atoms with Crippen molar-refractivity contribution in [2.75, 3.05) is 18.9 Å². The highest BCUT2D eigenvalue weighted by atomic mass is 79.9. The number of halogens is 1. The van der Waals surface area contributed by atoms with Crippen LogP contribution in [-0.4, -0.2) is 26.7 Å². The van der Waals surface area contributed by atoms with E-state index in [4.69, 9.17) is 10.8 Å². The predicted octanol–water partition coefficient (Wildman–Crippen LogP) is 0.938. The molecular weight excluding hydrogens is 308 g/mol. The number of hydrogen-bond acceptors (Lipinski definition) is 4. The molecule has 0 bridgehead atoms. The average Bonchev–Trinajstić information content (AvgIpc) is 2.29. The summed E-state index contributed by atoms with van der Waals surface area (Å²) in [7, 11) is -3.57. The lowest BCUT2D eigenvalue weighted by Crippen LogP contribution is -2.29. The Morgan fingerprint density at radius 2 is 2.18 bits per heavy atom. The number of rotatable bonds is 5. The van der Waals surface area contributed by atoms with Crippen molar-refractivity contribution in [1.82, 2.24) is 4.72 Å². The van der Waals surface area contributed by atoms with Gasteiger partial charge in [-0.2, -0.15) is 0 Å². The van der Waals surface area contributed by atoms with Gasteiger partial charge in [-0.25, -0.2) is 13.1 Å². The van der Waals surface area contributed by atoms with Gasteiger partial charge < -0.3 is 10.8 Å². The fourth-order valence-corrected chi connectivity index (χ4v) is 2.54. The molecule has 4 N–H and O–H groups in total. The monoisotopic (exact) mass is 322 g/mol. The first kappa shape index (κ1) is 14.4. The molecule has 1 aromatic rings. The van der Waals surface area contributed by atoms with Gasteiger partial charge in [-0.05, 0) is 40.0 Å². The lowest BCUT2D eigenvalue weighted by atomic mass is 10.2. The number of anilines is 1. The van der Waals surface area contributed by atoms with E-state index in [1.54, 1.807) is 13.0 Å². The summed E-state index contributed by atoms with van der Waals surface area (Å²) in [5.41, 5.74) is 5.98. The molecule has 0 radical (unpaired) electrons. The van der Waals surface area contributed by atoms with E-state index in [0.717, 1.165) is 0 Å². The maximum Gasteiger partial charge on any atom is 0.240 e. The maximum absolute atomic E-state index is 11.9. The van der Waals surface area contributed by atoms with Gasteiger partial charge in [0, 0.05) is 23.3 Å². The van der Waals surface area contributed by atoms with Crippen molar-refractivity contribution < 1.29 is 13.5 Å². The smallest absolute Gasteiger partial charge is 0.240 e. The van der Waals surface area contributed by atoms with Crippen molar-refractivity contribution in [3.63, 3.8) is 0 Å². The van der Waals surface area contributed by atoms with Crippen LogP contribution < -0.4 is 10.5 Å². The van der Waals surface area contributed by atoms with Crippen molar-refractivity contribution in [2.24, 2.45) is 5.92 Å². The first-order chi connectivity index (χ1) is 7.86. The van der Waals surface area contributed by atoms with Crippen LogP contribution in [0.5, 0.6) is 0 Å². The molecule has 0 spiro atoms. The maximum atomic E-state index is 11.9. The zero-order valence-corrected chi connectivity index (χ0v) is 11.8. The van der Waals surface area contributed by atoms with Crippen LogP contribution in [0.2, 0.25) is 0 Å². The Morgan fingerprint density at radius 3 is 2.71 bits per heavy atom. The molecule has 0 aliphatic rings. The molecule has 7 heteroatoms. The predicted molar refractivity (Wildman–Crippen MR) is 70.0 cm³/mol. The van der Waals surface area contributed by atoms with Crippen LogP contribution in [0.25, 0.3) is 0 Å². The van der Waals surface area contributed by atoms with Gasteiger partial charge in [-0.3, -0.25) is 0 Å². The Morgan fingerprint density at radius 1 is 1.53 bits per heavy atom. The normalized spacial score (nSPS) is 13.6. The number of nitrogen functional groups attached to an aromatic ring is 1. The third-order valence-electron chi connectivity index (χ3n) is 2.21. The Kier molecular flexibility index (Phi) is 4.93. The molecule has 0 aromatic heterocycles. The van der Waals surface area contributed by atoms with Crippen LogP contribution >= 0.6 is 15.9 Å². The second-order valence-corrected chi connectivity index (χ2v) is 6.44. The van der Waals surface area contributed by atoms with Crippen molar-refractivity contribution in [1.29, 1.82) is 0 Å². The van der Waals surface area contributed by atoms with Gasteiger partial charge in [-0.1, -0.05) is 6.92 Å². The molecule has 1 rings (SSSR count). The molecule has 0 heterocycles. The summed E-state index contributed by atoms with van der Waals surface area (Å²) in [6.45, 7) is 1.87. The van der Waals surface area contributed by atoms with Crippen LogP contribution in [0, 0.1) is 5.92 Å².